The summed E-state index contributed by atoms with van der Waals surface area (Å²) in [6.07, 6.45) is 1.41. The number of ether oxygens (including phenoxy) is 10. The Hall–Kier alpha value is -3.36. The summed E-state index contributed by atoms with van der Waals surface area (Å²) >= 11 is 0. The third-order valence-corrected chi connectivity index (χ3v) is 8.70. The smallest absolute Gasteiger partial charge is 0.314 e. The van der Waals surface area contributed by atoms with Gasteiger partial charge in [-0.25, -0.2) is 18.0 Å². The number of hydrogen-bond donors (Lipinski definition) is 5. The molecule has 5 N–H and O–H groups in total. The number of carbonyl (C=O) groups is 3. The SMILES string of the molecule is CC(=O)N[C@@H]1C[C@@H](O)[C@@H](CO)O[C@@H]1CCCCCOCCOCCNC(=O)NCCOCCOCCOCCOCCOCCOCCC(=O)Oc1c(F)c(F)c(F)c(F)c1F. The molecule has 358 valence electrons. The van der Waals surface area contributed by atoms with Gasteiger partial charge >= 0.3 is 12.0 Å². The molecule has 1 aromatic rings. The van der Waals surface area contributed by atoms with Gasteiger partial charge in [0.1, 0.15) is 6.10 Å². The van der Waals surface area contributed by atoms with E-state index in [1.165, 1.54) is 6.92 Å². The number of carbonyl (C=O) groups excluding carboxylic acids is 3. The van der Waals surface area contributed by atoms with Gasteiger partial charge in [0, 0.05) is 26.6 Å². The lowest BCUT2D eigenvalue weighted by atomic mass is 9.92. The quantitative estimate of drug-likeness (QED) is 0.0162. The van der Waals surface area contributed by atoms with Crippen LogP contribution in [0.3, 0.4) is 0 Å². The van der Waals surface area contributed by atoms with E-state index < -0.39 is 59.4 Å². The van der Waals surface area contributed by atoms with E-state index >= 15 is 0 Å². The maximum absolute atomic E-state index is 13.6. The Bertz CT molecular complexity index is 1380. The molecule has 23 heteroatoms. The number of amides is 3. The van der Waals surface area contributed by atoms with Crippen molar-refractivity contribution >= 4 is 17.9 Å². The van der Waals surface area contributed by atoms with Gasteiger partial charge in [0.25, 0.3) is 0 Å². The number of urea groups is 1. The summed E-state index contributed by atoms with van der Waals surface area (Å²) < 4.78 is 120. The normalized spacial score (nSPS) is 17.5. The van der Waals surface area contributed by atoms with Gasteiger partial charge in [-0.05, 0) is 19.3 Å². The highest BCUT2D eigenvalue weighted by Crippen LogP contribution is 2.29. The Morgan fingerprint density at radius 2 is 1.03 bits per heavy atom. The molecule has 0 unspecified atom stereocenters. The molecular weight excluding hydrogens is 845 g/mol. The average molecular weight is 908 g/mol. The summed E-state index contributed by atoms with van der Waals surface area (Å²) in [7, 11) is 0. The fourth-order valence-electron chi connectivity index (χ4n) is 5.60. The molecule has 0 aliphatic carbocycles. The number of unbranched alkanes of at least 4 members (excludes halogenated alkanes) is 2. The van der Waals surface area contributed by atoms with E-state index in [4.69, 9.17) is 42.6 Å². The van der Waals surface area contributed by atoms with Crippen LogP contribution in [0.4, 0.5) is 26.7 Å². The van der Waals surface area contributed by atoms with Crippen LogP contribution in [-0.2, 0) is 52.2 Å². The average Bonchev–Trinajstić information content (AvgIpc) is 3.25. The molecule has 1 aliphatic rings. The van der Waals surface area contributed by atoms with Crippen LogP contribution in [0, 0.1) is 29.1 Å². The summed E-state index contributed by atoms with van der Waals surface area (Å²) in [4.78, 5) is 35.1. The summed E-state index contributed by atoms with van der Waals surface area (Å²) in [6, 6.07) is -0.623. The monoisotopic (exact) mass is 907 g/mol. The molecule has 1 fully saturated rings. The van der Waals surface area contributed by atoms with Gasteiger partial charge in [-0.15, -0.1) is 0 Å². The molecule has 4 atom stereocenters. The molecule has 18 nitrogen and oxygen atoms in total. The van der Waals surface area contributed by atoms with Crippen LogP contribution >= 0.6 is 0 Å². The number of esters is 1. The fourth-order valence-corrected chi connectivity index (χ4v) is 5.60. The standard InChI is InChI=1S/C39H62F5N3O15/c1-27(49)47-28-25-29(50)31(26-48)61-30(28)5-3-2-4-9-53-13-15-55-11-7-45-39(52)46-8-12-56-16-18-58-20-22-60-24-23-59-21-19-57-17-14-54-10-6-32(51)62-38-36(43)34(41)33(40)35(42)37(38)44/h28-31,48,50H,2-26H2,1H3,(H,47,49)(H2,45,46,52)/t28-,29-,30-,31-/m1/s1. The minimum Gasteiger partial charge on any atom is -0.420 e. The Balaban J connectivity index is 1.25. The topological polar surface area (TPSA) is 220 Å². The van der Waals surface area contributed by atoms with Crippen LogP contribution < -0.4 is 20.7 Å². The van der Waals surface area contributed by atoms with Crippen molar-refractivity contribution in [2.24, 2.45) is 0 Å². The number of halogens is 5. The Kier molecular flexibility index (Phi) is 30.1. The lowest BCUT2D eigenvalue weighted by molar-refractivity contribution is -0.152. The highest BCUT2D eigenvalue weighted by molar-refractivity contribution is 5.74. The molecule has 3 amide bonds. The van der Waals surface area contributed by atoms with Gasteiger partial charge in [-0.2, -0.15) is 8.78 Å². The number of nitrogens with one attached hydrogen (secondary N) is 3. The predicted octanol–water partition coefficient (Wildman–Crippen LogP) is 1.69. The van der Waals surface area contributed by atoms with E-state index in [-0.39, 0.29) is 63.7 Å². The highest BCUT2D eigenvalue weighted by atomic mass is 19.2. The molecule has 1 aliphatic heterocycles. The minimum atomic E-state index is -2.36. The van der Waals surface area contributed by atoms with Crippen LogP contribution in [0.25, 0.3) is 0 Å². The first-order chi connectivity index (χ1) is 30.0. The van der Waals surface area contributed by atoms with Gasteiger partial charge in [-0.1, -0.05) is 12.8 Å². The number of aliphatic hydroxyl groups excluding tert-OH is 2. The highest BCUT2D eigenvalue weighted by Gasteiger charge is 2.37. The van der Waals surface area contributed by atoms with Crippen LogP contribution in [0.5, 0.6) is 5.75 Å². The first-order valence-electron chi connectivity index (χ1n) is 20.5. The molecule has 1 heterocycles. The summed E-state index contributed by atoms with van der Waals surface area (Å²) in [6.45, 7) is 6.42. The zero-order valence-electron chi connectivity index (χ0n) is 35.1. The number of benzene rings is 1. The molecular formula is C39H62F5N3O15. The molecule has 2 rings (SSSR count). The predicted molar refractivity (Wildman–Crippen MR) is 207 cm³/mol. The van der Waals surface area contributed by atoms with E-state index in [0.29, 0.717) is 98.6 Å². The van der Waals surface area contributed by atoms with Crippen LogP contribution in [0.2, 0.25) is 0 Å². The van der Waals surface area contributed by atoms with Crippen LogP contribution in [0.15, 0.2) is 0 Å². The van der Waals surface area contributed by atoms with Gasteiger partial charge in [0.05, 0.1) is 130 Å². The second-order valence-corrected chi connectivity index (χ2v) is 13.6. The van der Waals surface area contributed by atoms with Gasteiger partial charge in [-0.3, -0.25) is 9.59 Å². The van der Waals surface area contributed by atoms with Crippen LogP contribution in [-0.4, -0.2) is 178 Å². The summed E-state index contributed by atoms with van der Waals surface area (Å²) in [5, 5.41) is 27.7. The van der Waals surface area contributed by atoms with E-state index in [1.54, 1.807) is 0 Å². The second kappa shape index (κ2) is 34.1. The fraction of sp³-hybridized carbons (Fsp3) is 0.769. The Morgan fingerprint density at radius 3 is 1.50 bits per heavy atom. The van der Waals surface area contributed by atoms with Gasteiger partial charge in [0.15, 0.2) is 0 Å². The first-order valence-corrected chi connectivity index (χ1v) is 20.5. The van der Waals surface area contributed by atoms with Crippen molar-refractivity contribution in [3.63, 3.8) is 0 Å². The maximum Gasteiger partial charge on any atom is 0.314 e. The number of hydrogen-bond acceptors (Lipinski definition) is 15. The molecule has 0 saturated carbocycles. The summed E-state index contributed by atoms with van der Waals surface area (Å²) in [5.74, 6) is -14.4. The van der Waals surface area contributed by atoms with Crippen molar-refractivity contribution in [2.45, 2.75) is 69.8 Å². The summed E-state index contributed by atoms with van der Waals surface area (Å²) in [5.41, 5.74) is 0. The number of aliphatic hydroxyl groups is 2. The van der Waals surface area contributed by atoms with Crippen LogP contribution in [0.1, 0.15) is 45.4 Å². The minimum absolute atomic E-state index is 0.0608. The Labute approximate surface area is 357 Å². The third-order valence-electron chi connectivity index (χ3n) is 8.70. The third kappa shape index (κ3) is 23.9. The molecule has 0 bridgehead atoms. The molecule has 1 aromatic carbocycles. The molecule has 1 saturated heterocycles. The van der Waals surface area contributed by atoms with Crippen molar-refractivity contribution in [3.8, 4) is 5.75 Å². The lowest BCUT2D eigenvalue weighted by Crippen LogP contribution is -2.55. The molecule has 0 aromatic heterocycles. The van der Waals surface area contributed by atoms with Crippen molar-refractivity contribution < 1.29 is 93.9 Å². The molecule has 0 spiro atoms. The van der Waals surface area contributed by atoms with Gasteiger partial charge in [0.2, 0.25) is 40.7 Å². The van der Waals surface area contributed by atoms with E-state index in [2.05, 4.69) is 20.7 Å². The first kappa shape index (κ1) is 54.8. The second-order valence-electron chi connectivity index (χ2n) is 13.6. The molecule has 62 heavy (non-hydrogen) atoms. The van der Waals surface area contributed by atoms with Gasteiger partial charge < -0.3 is 73.5 Å². The zero-order chi connectivity index (χ0) is 45.4. The zero-order valence-corrected chi connectivity index (χ0v) is 35.1. The van der Waals surface area contributed by atoms with E-state index in [0.717, 1.165) is 19.3 Å². The largest absolute Gasteiger partial charge is 0.420 e. The van der Waals surface area contributed by atoms with E-state index in [9.17, 15) is 46.5 Å². The number of rotatable bonds is 36. The van der Waals surface area contributed by atoms with Crippen molar-refractivity contribution in [3.05, 3.63) is 29.1 Å². The maximum atomic E-state index is 13.6. The molecule has 0 radical (unpaired) electrons. The van der Waals surface area contributed by atoms with Crippen molar-refractivity contribution in [1.29, 1.82) is 0 Å². The van der Waals surface area contributed by atoms with Crippen molar-refractivity contribution in [2.75, 3.05) is 125 Å². The van der Waals surface area contributed by atoms with Crippen molar-refractivity contribution in [1.82, 2.24) is 16.0 Å². The van der Waals surface area contributed by atoms with E-state index in [1.807, 2.05) is 0 Å². The Morgan fingerprint density at radius 1 is 0.597 bits per heavy atom. The lowest BCUT2D eigenvalue weighted by Gasteiger charge is -2.39.